The Morgan fingerprint density at radius 3 is 2.73 bits per heavy atom. The van der Waals surface area contributed by atoms with Crippen molar-refractivity contribution in [2.24, 2.45) is 5.73 Å². The fraction of sp³-hybridized carbons (Fsp3) is 0.636. The lowest BCUT2D eigenvalue weighted by atomic mass is 10.3. The fourth-order valence-electron chi connectivity index (χ4n) is 1.49. The molecular weight excluding hydrogens is 192 g/mol. The Labute approximate surface area is 91.0 Å². The first-order valence-electron chi connectivity index (χ1n) is 5.12. The fourth-order valence-corrected chi connectivity index (χ4v) is 1.49. The van der Waals surface area contributed by atoms with Crippen LogP contribution in [0.2, 0.25) is 0 Å². The Balaban J connectivity index is 2.38. The molecule has 4 heteroatoms. The minimum Gasteiger partial charge on any atom is -0.465 e. The third-order valence-electron chi connectivity index (χ3n) is 2.33. The molecule has 0 spiro atoms. The first-order valence-corrected chi connectivity index (χ1v) is 5.12. The number of rotatable bonds is 6. The van der Waals surface area contributed by atoms with Crippen LogP contribution < -0.4 is 5.73 Å². The van der Waals surface area contributed by atoms with E-state index in [1.54, 1.807) is 7.11 Å². The number of methoxy groups -OCH3 is 1. The van der Waals surface area contributed by atoms with Crippen molar-refractivity contribution in [3.63, 3.8) is 0 Å². The van der Waals surface area contributed by atoms with Crippen molar-refractivity contribution in [2.75, 3.05) is 27.2 Å². The second kappa shape index (κ2) is 5.90. The van der Waals surface area contributed by atoms with Crippen LogP contribution in [0.1, 0.15) is 11.5 Å². The van der Waals surface area contributed by atoms with Gasteiger partial charge in [-0.15, -0.1) is 0 Å². The van der Waals surface area contributed by atoms with Crippen LogP contribution in [0.25, 0.3) is 0 Å². The van der Waals surface area contributed by atoms with E-state index in [4.69, 9.17) is 14.9 Å². The summed E-state index contributed by atoms with van der Waals surface area (Å²) in [5.41, 5.74) is 5.55. The van der Waals surface area contributed by atoms with Crippen LogP contribution in [0.5, 0.6) is 0 Å². The van der Waals surface area contributed by atoms with Crippen molar-refractivity contribution in [3.8, 4) is 0 Å². The van der Waals surface area contributed by atoms with Crippen LogP contribution in [-0.2, 0) is 11.3 Å². The van der Waals surface area contributed by atoms with Crippen molar-refractivity contribution < 1.29 is 9.15 Å². The molecule has 0 saturated heterocycles. The maximum absolute atomic E-state index is 5.55. The van der Waals surface area contributed by atoms with Gasteiger partial charge in [-0.05, 0) is 26.1 Å². The molecule has 1 rings (SSSR count). The lowest BCUT2D eigenvalue weighted by Crippen LogP contribution is -2.35. The zero-order chi connectivity index (χ0) is 11.3. The summed E-state index contributed by atoms with van der Waals surface area (Å²) in [6, 6.07) is 3.97. The van der Waals surface area contributed by atoms with Crippen molar-refractivity contribution >= 4 is 0 Å². The molecule has 0 saturated carbocycles. The van der Waals surface area contributed by atoms with Gasteiger partial charge >= 0.3 is 0 Å². The van der Waals surface area contributed by atoms with E-state index in [1.165, 1.54) is 0 Å². The van der Waals surface area contributed by atoms with Crippen LogP contribution in [0.4, 0.5) is 0 Å². The van der Waals surface area contributed by atoms with Crippen molar-refractivity contribution in [1.82, 2.24) is 4.90 Å². The summed E-state index contributed by atoms with van der Waals surface area (Å²) in [6.07, 6.45) is 0.0889. The Hall–Kier alpha value is -0.840. The standard InChI is InChI=1S/C11H20N2O2/c1-9-4-5-10(15-9)7-13(2)8-11(6-12)14-3/h4-5,11H,6-8,12H2,1-3H3. The summed E-state index contributed by atoms with van der Waals surface area (Å²) in [6.45, 7) is 4.08. The molecule has 0 radical (unpaired) electrons. The van der Waals surface area contributed by atoms with E-state index in [-0.39, 0.29) is 6.10 Å². The van der Waals surface area contributed by atoms with Crippen molar-refractivity contribution in [2.45, 2.75) is 19.6 Å². The summed E-state index contributed by atoms with van der Waals surface area (Å²) in [7, 11) is 3.71. The van der Waals surface area contributed by atoms with Crippen molar-refractivity contribution in [1.29, 1.82) is 0 Å². The average Bonchev–Trinajstić information content (AvgIpc) is 2.60. The predicted molar refractivity (Wildman–Crippen MR) is 59.6 cm³/mol. The molecule has 0 aliphatic rings. The molecule has 1 aromatic heterocycles. The smallest absolute Gasteiger partial charge is 0.118 e. The van der Waals surface area contributed by atoms with E-state index in [0.29, 0.717) is 6.54 Å². The number of aryl methyl sites for hydroxylation is 1. The predicted octanol–water partition coefficient (Wildman–Crippen LogP) is 0.994. The molecule has 2 N–H and O–H groups in total. The van der Waals surface area contributed by atoms with E-state index in [0.717, 1.165) is 24.6 Å². The van der Waals surface area contributed by atoms with Gasteiger partial charge < -0.3 is 14.9 Å². The maximum Gasteiger partial charge on any atom is 0.118 e. The SMILES string of the molecule is COC(CN)CN(C)Cc1ccc(C)o1. The van der Waals surface area contributed by atoms with Gasteiger partial charge in [-0.25, -0.2) is 0 Å². The zero-order valence-electron chi connectivity index (χ0n) is 9.69. The van der Waals surface area contributed by atoms with Crippen LogP contribution in [0.3, 0.4) is 0 Å². The van der Waals surface area contributed by atoms with E-state index in [1.807, 2.05) is 26.1 Å². The minimum atomic E-state index is 0.0889. The molecule has 0 bridgehead atoms. The molecule has 15 heavy (non-hydrogen) atoms. The van der Waals surface area contributed by atoms with Gasteiger partial charge in [0.15, 0.2) is 0 Å². The first-order chi connectivity index (χ1) is 7.15. The van der Waals surface area contributed by atoms with E-state index < -0.39 is 0 Å². The molecule has 0 aromatic carbocycles. The summed E-state index contributed by atoms with van der Waals surface area (Å²) in [5, 5.41) is 0. The van der Waals surface area contributed by atoms with Crippen LogP contribution in [0, 0.1) is 6.92 Å². The molecule has 86 valence electrons. The molecule has 0 aliphatic carbocycles. The summed E-state index contributed by atoms with van der Waals surface area (Å²) >= 11 is 0. The molecule has 1 heterocycles. The van der Waals surface area contributed by atoms with Gasteiger partial charge in [-0.3, -0.25) is 4.90 Å². The van der Waals surface area contributed by atoms with Gasteiger partial charge in [0.2, 0.25) is 0 Å². The number of hydrogen-bond donors (Lipinski definition) is 1. The molecule has 1 atom stereocenters. The van der Waals surface area contributed by atoms with E-state index >= 15 is 0 Å². The number of furan rings is 1. The number of nitrogens with two attached hydrogens (primary N) is 1. The normalized spacial score (nSPS) is 13.4. The van der Waals surface area contributed by atoms with E-state index in [2.05, 4.69) is 4.90 Å². The zero-order valence-corrected chi connectivity index (χ0v) is 9.69. The summed E-state index contributed by atoms with van der Waals surface area (Å²) in [5.74, 6) is 1.92. The molecular formula is C11H20N2O2. The molecule has 0 fully saturated rings. The van der Waals surface area contributed by atoms with Crippen molar-refractivity contribution in [3.05, 3.63) is 23.7 Å². The molecule has 4 nitrogen and oxygen atoms in total. The number of ether oxygens (including phenoxy) is 1. The summed E-state index contributed by atoms with van der Waals surface area (Å²) < 4.78 is 10.7. The van der Waals surface area contributed by atoms with Gasteiger partial charge in [0, 0.05) is 20.2 Å². The quantitative estimate of drug-likeness (QED) is 0.764. The third-order valence-corrected chi connectivity index (χ3v) is 2.33. The van der Waals surface area contributed by atoms with Crippen LogP contribution in [-0.4, -0.2) is 38.3 Å². The molecule has 1 aromatic rings. The second-order valence-corrected chi connectivity index (χ2v) is 3.80. The molecule has 0 aliphatic heterocycles. The van der Waals surface area contributed by atoms with Gasteiger partial charge in [0.1, 0.15) is 11.5 Å². The topological polar surface area (TPSA) is 51.6 Å². The number of nitrogens with zero attached hydrogens (tertiary/aromatic N) is 1. The van der Waals surface area contributed by atoms with Crippen LogP contribution in [0.15, 0.2) is 16.5 Å². The Morgan fingerprint density at radius 2 is 2.27 bits per heavy atom. The molecule has 0 amide bonds. The van der Waals surface area contributed by atoms with Gasteiger partial charge in [0.25, 0.3) is 0 Å². The third kappa shape index (κ3) is 4.03. The number of likely N-dealkylation sites (N-methyl/N-ethyl adjacent to an activating group) is 1. The van der Waals surface area contributed by atoms with Crippen LogP contribution >= 0.6 is 0 Å². The summed E-state index contributed by atoms with van der Waals surface area (Å²) in [4.78, 5) is 2.14. The largest absolute Gasteiger partial charge is 0.465 e. The average molecular weight is 212 g/mol. The highest BCUT2D eigenvalue weighted by Crippen LogP contribution is 2.08. The highest BCUT2D eigenvalue weighted by molar-refractivity contribution is 5.05. The Kier molecular flexibility index (Phi) is 4.81. The lowest BCUT2D eigenvalue weighted by molar-refractivity contribution is 0.0742. The van der Waals surface area contributed by atoms with Gasteiger partial charge in [-0.2, -0.15) is 0 Å². The highest BCUT2D eigenvalue weighted by Gasteiger charge is 2.10. The van der Waals surface area contributed by atoms with Gasteiger partial charge in [0.05, 0.1) is 12.6 Å². The monoisotopic (exact) mass is 212 g/mol. The lowest BCUT2D eigenvalue weighted by Gasteiger charge is -2.20. The first kappa shape index (κ1) is 12.2. The molecule has 1 unspecified atom stereocenters. The Bertz CT molecular complexity index is 282. The highest BCUT2D eigenvalue weighted by atomic mass is 16.5. The Morgan fingerprint density at radius 1 is 1.53 bits per heavy atom. The second-order valence-electron chi connectivity index (χ2n) is 3.80. The minimum absolute atomic E-state index is 0.0889. The number of hydrogen-bond acceptors (Lipinski definition) is 4. The van der Waals surface area contributed by atoms with E-state index in [9.17, 15) is 0 Å². The maximum atomic E-state index is 5.55. The van der Waals surface area contributed by atoms with Gasteiger partial charge in [-0.1, -0.05) is 0 Å².